The lowest BCUT2D eigenvalue weighted by Gasteiger charge is -2.30. The van der Waals surface area contributed by atoms with Crippen molar-refractivity contribution in [3.8, 4) is 11.5 Å². The molecule has 0 spiro atoms. The Bertz CT molecular complexity index is 1910. The van der Waals surface area contributed by atoms with E-state index in [1.54, 1.807) is 34.1 Å². The van der Waals surface area contributed by atoms with Crippen molar-refractivity contribution in [2.45, 2.75) is 39.8 Å². The summed E-state index contributed by atoms with van der Waals surface area (Å²) in [5, 5.41) is 23.2. The van der Waals surface area contributed by atoms with Crippen molar-refractivity contribution < 1.29 is 19.8 Å². The molecule has 4 aromatic rings. The molecule has 0 aromatic heterocycles. The fourth-order valence-corrected chi connectivity index (χ4v) is 6.34. The molecule has 12 heteroatoms. The third-order valence-corrected chi connectivity index (χ3v) is 9.16. The third kappa shape index (κ3) is 5.48. The van der Waals surface area contributed by atoms with E-state index in [9.17, 15) is 19.8 Å². The van der Waals surface area contributed by atoms with Crippen molar-refractivity contribution >= 4 is 76.0 Å². The van der Waals surface area contributed by atoms with Crippen LogP contribution in [0.2, 0.25) is 0 Å². The Morgan fingerprint density at radius 2 is 1.04 bits per heavy atom. The lowest BCUT2D eigenvalue weighted by Crippen LogP contribution is -2.41. The van der Waals surface area contributed by atoms with Gasteiger partial charge < -0.3 is 10.2 Å². The zero-order valence-electron chi connectivity index (χ0n) is 26.3. The van der Waals surface area contributed by atoms with Crippen molar-refractivity contribution in [2.75, 3.05) is 13.1 Å². The first-order chi connectivity index (χ1) is 22.1. The predicted octanol–water partition coefficient (Wildman–Crippen LogP) is 4.05. The maximum absolute atomic E-state index is 12.8. The van der Waals surface area contributed by atoms with Crippen LogP contribution in [0.3, 0.4) is 0 Å². The van der Waals surface area contributed by atoms with Gasteiger partial charge in [-0.3, -0.25) is 29.4 Å². The van der Waals surface area contributed by atoms with Crippen molar-refractivity contribution in [3.05, 3.63) is 82.9 Å². The molecule has 8 radical (unpaired) electrons. The van der Waals surface area contributed by atoms with Gasteiger partial charge in [0.2, 0.25) is 0 Å². The molecule has 224 valence electrons. The van der Waals surface area contributed by atoms with E-state index in [0.29, 0.717) is 36.1 Å². The van der Waals surface area contributed by atoms with Gasteiger partial charge >= 0.3 is 0 Å². The van der Waals surface area contributed by atoms with Crippen LogP contribution < -0.4 is 0 Å². The summed E-state index contributed by atoms with van der Waals surface area (Å²) in [5.74, 6) is 2.66. The van der Waals surface area contributed by atoms with Gasteiger partial charge in [0.15, 0.2) is 0 Å². The Morgan fingerprint density at radius 1 is 0.609 bits per heavy atom. The van der Waals surface area contributed by atoms with Gasteiger partial charge in [-0.1, -0.05) is 38.1 Å². The van der Waals surface area contributed by atoms with Crippen LogP contribution in [0.25, 0.3) is 21.5 Å². The van der Waals surface area contributed by atoms with E-state index in [1.165, 1.54) is 0 Å². The van der Waals surface area contributed by atoms with Crippen molar-refractivity contribution in [1.82, 2.24) is 9.80 Å². The molecule has 0 aliphatic carbocycles. The highest BCUT2D eigenvalue weighted by atomic mass is 16.3. The Hall–Kier alpha value is -4.46. The largest absolute Gasteiger partial charge is 0.508 e. The molecule has 4 aliphatic heterocycles. The van der Waals surface area contributed by atoms with Crippen LogP contribution >= 0.6 is 0 Å². The summed E-state index contributed by atoms with van der Waals surface area (Å²) in [6.45, 7) is 9.81. The molecular formula is C34H32B4N4O4. The molecule has 4 heterocycles. The average molecular weight is 604 g/mol. The van der Waals surface area contributed by atoms with Gasteiger partial charge in [0.25, 0.3) is 11.8 Å². The van der Waals surface area contributed by atoms with Crippen molar-refractivity contribution in [1.29, 1.82) is 0 Å². The molecule has 4 atom stereocenters. The number of carbonyl (C=O) groups excluding carboxylic acids is 2. The Labute approximate surface area is 274 Å². The minimum atomic E-state index is -0.00120. The molecule has 2 amide bonds. The van der Waals surface area contributed by atoms with Gasteiger partial charge in [0.05, 0.1) is 23.2 Å². The second kappa shape index (κ2) is 13.1. The number of amidine groups is 2. The minimum absolute atomic E-state index is 0.00120. The Balaban J connectivity index is 0.000000164. The number of phenolic OH excluding ortho intramolecular Hbond substituents is 2. The van der Waals surface area contributed by atoms with Gasteiger partial charge in [0.1, 0.15) is 23.2 Å². The summed E-state index contributed by atoms with van der Waals surface area (Å²) in [5.41, 5.74) is 3.11. The number of aliphatic imine (C=N–C) groups is 2. The van der Waals surface area contributed by atoms with Crippen LogP contribution in [0.5, 0.6) is 11.5 Å². The van der Waals surface area contributed by atoms with Gasteiger partial charge in [-0.25, -0.2) is 0 Å². The molecule has 0 saturated carbocycles. The Morgan fingerprint density at radius 3 is 1.59 bits per heavy atom. The molecule has 0 bridgehead atoms. The molecule has 0 saturated heterocycles. The van der Waals surface area contributed by atoms with Crippen molar-refractivity contribution in [3.63, 3.8) is 0 Å². The van der Waals surface area contributed by atoms with E-state index in [-0.39, 0.29) is 35.4 Å². The average Bonchev–Trinajstić information content (AvgIpc) is 3.49. The number of aromatic hydroxyl groups is 2. The van der Waals surface area contributed by atoms with Crippen LogP contribution in [-0.2, 0) is 0 Å². The first-order valence-corrected chi connectivity index (χ1v) is 15.1. The number of nitrogens with zero attached hydrogens (tertiary/aromatic N) is 4. The summed E-state index contributed by atoms with van der Waals surface area (Å²) in [4.78, 5) is 38.4. The number of amides is 2. The van der Waals surface area contributed by atoms with E-state index in [4.69, 9.17) is 9.98 Å². The standard InChI is InChI=1S/2C17H16N2O2.2B2/c1-9-8-19-16(18-10(9)2)15-13(17(19)21)6-4-11-3-5-12(20)7-14(11)15;1-9-8-19-16(18-10(9)2)13-6-4-11-3-5-12(20)7-14(11)15(13)17(19)21;2*1-2/h2*3-7,9-10,20H,8H2,1-2H3;;/t2*9-,10-;;/m10../s1. The highest BCUT2D eigenvalue weighted by Gasteiger charge is 2.40. The first-order valence-electron chi connectivity index (χ1n) is 15.1. The lowest BCUT2D eigenvalue weighted by molar-refractivity contribution is 0.0826. The summed E-state index contributed by atoms with van der Waals surface area (Å²) in [6.07, 6.45) is 0. The number of carbonyl (C=O) groups is 2. The molecule has 0 unspecified atom stereocenters. The SMILES string of the molecule is C[C@@H]1CN2C(=O)c3ccc4ccc(O)cc4c3C2=N[C@@H]1C.C[C@@H]1N=C2c3ccc4ccc(O)cc4c3C(=O)N2C[C@@H]1C.[B][B].[B][B]. The minimum Gasteiger partial charge on any atom is -0.508 e. The van der Waals surface area contributed by atoms with Crippen LogP contribution in [0.4, 0.5) is 0 Å². The summed E-state index contributed by atoms with van der Waals surface area (Å²) in [7, 11) is 16.0. The van der Waals surface area contributed by atoms with Gasteiger partial charge in [-0.15, -0.1) is 0 Å². The zero-order valence-corrected chi connectivity index (χ0v) is 26.3. The zero-order chi connectivity index (χ0) is 33.4. The fraction of sp³-hybridized carbons (Fsp3) is 0.294. The lowest BCUT2D eigenvalue weighted by atomic mass is 9.81. The summed E-state index contributed by atoms with van der Waals surface area (Å²) in [6, 6.07) is 18.6. The molecule has 4 aliphatic rings. The second-order valence-electron chi connectivity index (χ2n) is 12.0. The molecule has 4 aromatic carbocycles. The maximum Gasteiger partial charge on any atom is 0.260 e. The van der Waals surface area contributed by atoms with Crippen LogP contribution in [-0.4, -0.2) is 99.6 Å². The topological polar surface area (TPSA) is 106 Å². The number of fused-ring (bicyclic) bond motifs is 10. The molecule has 8 nitrogen and oxygen atoms in total. The normalized spacial score (nSPS) is 22.1. The number of hydrogen-bond donors (Lipinski definition) is 2. The smallest absolute Gasteiger partial charge is 0.260 e. The summed E-state index contributed by atoms with van der Waals surface area (Å²) >= 11 is 0. The van der Waals surface area contributed by atoms with E-state index < -0.39 is 0 Å². The number of benzene rings is 4. The van der Waals surface area contributed by atoms with Gasteiger partial charge in [0, 0.05) is 55.2 Å². The number of phenols is 2. The van der Waals surface area contributed by atoms with E-state index >= 15 is 0 Å². The molecule has 8 rings (SSSR count). The molecular weight excluding hydrogens is 572 g/mol. The van der Waals surface area contributed by atoms with E-state index in [1.807, 2.05) is 36.4 Å². The van der Waals surface area contributed by atoms with Gasteiger partial charge in [-0.2, -0.15) is 0 Å². The fourth-order valence-electron chi connectivity index (χ4n) is 6.34. The predicted molar refractivity (Wildman–Crippen MR) is 187 cm³/mol. The van der Waals surface area contributed by atoms with Crippen LogP contribution in [0.15, 0.2) is 70.6 Å². The van der Waals surface area contributed by atoms with Crippen LogP contribution in [0, 0.1) is 11.8 Å². The van der Waals surface area contributed by atoms with Crippen LogP contribution in [0.1, 0.15) is 59.5 Å². The molecule has 0 fully saturated rings. The second-order valence-corrected chi connectivity index (χ2v) is 12.0. The van der Waals surface area contributed by atoms with Gasteiger partial charge in [-0.05, 0) is 83.6 Å². The number of rotatable bonds is 0. The van der Waals surface area contributed by atoms with Crippen molar-refractivity contribution in [2.24, 2.45) is 21.8 Å². The highest BCUT2D eigenvalue weighted by Crippen LogP contribution is 2.37. The third-order valence-electron chi connectivity index (χ3n) is 9.16. The molecule has 2 N–H and O–H groups in total. The maximum atomic E-state index is 12.8. The monoisotopic (exact) mass is 604 g/mol. The van der Waals surface area contributed by atoms with E-state index in [2.05, 4.69) is 58.6 Å². The molecule has 46 heavy (non-hydrogen) atoms. The first kappa shape index (κ1) is 32.9. The highest BCUT2D eigenvalue weighted by molar-refractivity contribution is 6.76. The number of hydrogen-bond acceptors (Lipinski definition) is 6. The van der Waals surface area contributed by atoms with E-state index in [0.717, 1.165) is 44.3 Å². The quantitative estimate of drug-likeness (QED) is 0.296. The summed E-state index contributed by atoms with van der Waals surface area (Å²) < 4.78 is 0. The Kier molecular flexibility index (Phi) is 9.38.